The van der Waals surface area contributed by atoms with E-state index in [2.05, 4.69) is 4.99 Å². The van der Waals surface area contributed by atoms with Crippen molar-refractivity contribution in [3.05, 3.63) is 54.1 Å². The van der Waals surface area contributed by atoms with Gasteiger partial charge in [-0.15, -0.1) is 11.8 Å². The summed E-state index contributed by atoms with van der Waals surface area (Å²) in [6.45, 7) is 0.461. The van der Waals surface area contributed by atoms with E-state index in [1.54, 1.807) is 48.2 Å². The van der Waals surface area contributed by atoms with Crippen molar-refractivity contribution in [3.8, 4) is 5.75 Å². The monoisotopic (exact) mass is 440 g/mol. The van der Waals surface area contributed by atoms with Gasteiger partial charge in [-0.25, -0.2) is 9.79 Å². The Morgan fingerprint density at radius 1 is 1.00 bits per heavy atom. The second kappa shape index (κ2) is 10.6. The number of esters is 1. The lowest BCUT2D eigenvalue weighted by atomic mass is 10.1. The maximum absolute atomic E-state index is 12.3. The molecule has 2 aromatic carbocycles. The van der Waals surface area contributed by atoms with E-state index in [4.69, 9.17) is 16.2 Å². The van der Waals surface area contributed by atoms with Gasteiger partial charge in [-0.05, 0) is 67.1 Å². The van der Waals surface area contributed by atoms with Crippen LogP contribution in [0.3, 0.4) is 0 Å². The zero-order valence-electron chi connectivity index (χ0n) is 17.0. The Hall–Kier alpha value is -3.33. The van der Waals surface area contributed by atoms with Gasteiger partial charge in [-0.2, -0.15) is 0 Å². The van der Waals surface area contributed by atoms with Crippen molar-refractivity contribution in [2.45, 2.75) is 30.6 Å². The van der Waals surface area contributed by atoms with Crippen molar-refractivity contribution in [1.29, 1.82) is 0 Å². The van der Waals surface area contributed by atoms with Crippen LogP contribution >= 0.6 is 11.8 Å². The molecular formula is C22H24N4O4S. The molecule has 0 radical (unpaired) electrons. The third-order valence-corrected chi connectivity index (χ3v) is 5.67. The summed E-state index contributed by atoms with van der Waals surface area (Å²) in [6, 6.07) is 13.6. The van der Waals surface area contributed by atoms with Gasteiger partial charge in [0.1, 0.15) is 5.75 Å². The first kappa shape index (κ1) is 22.4. The van der Waals surface area contributed by atoms with E-state index in [1.807, 2.05) is 12.1 Å². The third-order valence-electron chi connectivity index (χ3n) is 4.57. The van der Waals surface area contributed by atoms with Crippen molar-refractivity contribution in [2.24, 2.45) is 16.5 Å². The number of carbonyl (C=O) groups excluding carboxylic acids is 3. The summed E-state index contributed by atoms with van der Waals surface area (Å²) < 4.78 is 5.39. The summed E-state index contributed by atoms with van der Waals surface area (Å²) in [4.78, 5) is 42.2. The number of hydrogen-bond acceptors (Lipinski definition) is 6. The van der Waals surface area contributed by atoms with Crippen molar-refractivity contribution >= 4 is 41.2 Å². The van der Waals surface area contributed by atoms with Gasteiger partial charge in [0.15, 0.2) is 5.96 Å². The van der Waals surface area contributed by atoms with Gasteiger partial charge < -0.3 is 16.2 Å². The molecule has 1 aliphatic heterocycles. The molecule has 1 fully saturated rings. The molecule has 1 aliphatic rings. The number of benzene rings is 2. The average molecular weight is 441 g/mol. The number of imide groups is 1. The maximum Gasteiger partial charge on any atom is 0.343 e. The molecule has 2 amide bonds. The fraction of sp³-hybridized carbons (Fsp3) is 0.273. The first-order valence-electron chi connectivity index (χ1n) is 9.90. The first-order valence-corrected chi connectivity index (χ1v) is 10.9. The van der Waals surface area contributed by atoms with Crippen LogP contribution in [0.25, 0.3) is 0 Å². The Morgan fingerprint density at radius 2 is 1.65 bits per heavy atom. The number of hydrogen-bond donors (Lipinski definition) is 2. The van der Waals surface area contributed by atoms with E-state index in [0.29, 0.717) is 42.8 Å². The molecule has 0 bridgehead atoms. The zero-order valence-corrected chi connectivity index (χ0v) is 17.8. The minimum atomic E-state index is -0.479. The minimum Gasteiger partial charge on any atom is -0.423 e. The molecule has 0 atom stereocenters. The molecule has 9 heteroatoms. The van der Waals surface area contributed by atoms with E-state index < -0.39 is 5.97 Å². The van der Waals surface area contributed by atoms with Crippen molar-refractivity contribution in [1.82, 2.24) is 4.90 Å². The Labute approximate surface area is 184 Å². The fourth-order valence-electron chi connectivity index (χ4n) is 3.05. The number of guanidine groups is 1. The highest BCUT2D eigenvalue weighted by atomic mass is 32.2. The van der Waals surface area contributed by atoms with Crippen LogP contribution in [0.4, 0.5) is 5.69 Å². The molecule has 1 heterocycles. The predicted molar refractivity (Wildman–Crippen MR) is 119 cm³/mol. The largest absolute Gasteiger partial charge is 0.423 e. The van der Waals surface area contributed by atoms with Gasteiger partial charge >= 0.3 is 5.97 Å². The number of ether oxygens (including phenoxy) is 1. The molecule has 2 aromatic rings. The van der Waals surface area contributed by atoms with E-state index in [1.165, 1.54) is 4.90 Å². The van der Waals surface area contributed by atoms with E-state index in [9.17, 15) is 14.4 Å². The molecule has 0 unspecified atom stereocenters. The number of piperidine rings is 1. The summed E-state index contributed by atoms with van der Waals surface area (Å²) in [6.07, 6.45) is 2.30. The van der Waals surface area contributed by atoms with Crippen LogP contribution in [0, 0.1) is 0 Å². The van der Waals surface area contributed by atoms with Crippen molar-refractivity contribution in [2.75, 3.05) is 12.3 Å². The van der Waals surface area contributed by atoms with Gasteiger partial charge in [0.25, 0.3) is 0 Å². The van der Waals surface area contributed by atoms with Crippen LogP contribution in [0.5, 0.6) is 5.75 Å². The lowest BCUT2D eigenvalue weighted by molar-refractivity contribution is -0.147. The Morgan fingerprint density at radius 3 is 2.26 bits per heavy atom. The molecular weight excluding hydrogens is 416 g/mol. The second-order valence-electron chi connectivity index (χ2n) is 6.94. The molecule has 0 aromatic heterocycles. The molecule has 162 valence electrons. The van der Waals surface area contributed by atoms with E-state index in [-0.39, 0.29) is 17.8 Å². The highest BCUT2D eigenvalue weighted by Crippen LogP contribution is 2.23. The molecule has 8 nitrogen and oxygen atoms in total. The lowest BCUT2D eigenvalue weighted by Gasteiger charge is -2.24. The molecule has 1 saturated heterocycles. The predicted octanol–water partition coefficient (Wildman–Crippen LogP) is 2.83. The fourth-order valence-corrected chi connectivity index (χ4v) is 3.89. The SMILES string of the molecule is NC(N)=Nc1ccc(C(=O)Oc2ccc(SCCCN3C(=O)CCCC3=O)cc2)cc1. The van der Waals surface area contributed by atoms with Gasteiger partial charge in [0, 0.05) is 24.3 Å². The Kier molecular flexibility index (Phi) is 7.66. The number of thioether (sulfide) groups is 1. The molecule has 31 heavy (non-hydrogen) atoms. The van der Waals surface area contributed by atoms with Crippen molar-refractivity contribution in [3.63, 3.8) is 0 Å². The number of aliphatic imine (C=N–C) groups is 1. The Bertz CT molecular complexity index is 954. The number of rotatable bonds is 8. The molecule has 0 aliphatic carbocycles. The van der Waals surface area contributed by atoms with Gasteiger partial charge in [0.2, 0.25) is 11.8 Å². The van der Waals surface area contributed by atoms with E-state index in [0.717, 1.165) is 17.1 Å². The zero-order chi connectivity index (χ0) is 22.2. The number of likely N-dealkylation sites (tertiary alicyclic amines) is 1. The van der Waals surface area contributed by atoms with Gasteiger partial charge in [-0.1, -0.05) is 0 Å². The number of carbonyl (C=O) groups is 3. The number of nitrogens with two attached hydrogens (primary N) is 2. The normalized spacial score (nSPS) is 13.7. The topological polar surface area (TPSA) is 128 Å². The summed E-state index contributed by atoms with van der Waals surface area (Å²) in [5.41, 5.74) is 11.6. The maximum atomic E-state index is 12.3. The lowest BCUT2D eigenvalue weighted by Crippen LogP contribution is -2.40. The van der Waals surface area contributed by atoms with Crippen LogP contribution in [0.1, 0.15) is 36.0 Å². The quantitative estimate of drug-likeness (QED) is 0.123. The highest BCUT2D eigenvalue weighted by molar-refractivity contribution is 7.99. The minimum absolute atomic E-state index is 0.0539. The molecule has 0 spiro atoms. The summed E-state index contributed by atoms with van der Waals surface area (Å²) in [7, 11) is 0. The van der Waals surface area contributed by atoms with Crippen LogP contribution in [0.2, 0.25) is 0 Å². The smallest absolute Gasteiger partial charge is 0.343 e. The van der Waals surface area contributed by atoms with Crippen LogP contribution < -0.4 is 16.2 Å². The molecule has 3 rings (SSSR count). The third kappa shape index (κ3) is 6.58. The summed E-state index contributed by atoms with van der Waals surface area (Å²) in [5, 5.41) is 0. The Balaban J connectivity index is 1.45. The summed E-state index contributed by atoms with van der Waals surface area (Å²) >= 11 is 1.62. The van der Waals surface area contributed by atoms with Crippen LogP contribution in [-0.4, -0.2) is 40.9 Å². The molecule has 4 N–H and O–H groups in total. The van der Waals surface area contributed by atoms with Crippen molar-refractivity contribution < 1.29 is 19.1 Å². The number of nitrogens with zero attached hydrogens (tertiary/aromatic N) is 2. The van der Waals surface area contributed by atoms with Gasteiger partial charge in [-0.3, -0.25) is 14.5 Å². The van der Waals surface area contributed by atoms with Crippen LogP contribution in [0.15, 0.2) is 58.4 Å². The van der Waals surface area contributed by atoms with Gasteiger partial charge in [0.05, 0.1) is 11.3 Å². The standard InChI is InChI=1S/C22H24N4O4S/c23-22(24)25-16-7-5-15(6-8-16)21(29)30-17-9-11-18(12-10-17)31-14-2-13-26-19(27)3-1-4-20(26)28/h5-12H,1-4,13-14H2,(H4,23,24,25). The molecule has 0 saturated carbocycles. The average Bonchev–Trinajstić information content (AvgIpc) is 2.74. The second-order valence-corrected chi connectivity index (χ2v) is 8.11. The van der Waals surface area contributed by atoms with E-state index >= 15 is 0 Å². The number of amides is 2. The summed E-state index contributed by atoms with van der Waals surface area (Å²) in [5.74, 6) is 0.538. The highest BCUT2D eigenvalue weighted by Gasteiger charge is 2.24. The first-order chi connectivity index (χ1) is 14.9. The van der Waals surface area contributed by atoms with Crippen LogP contribution in [-0.2, 0) is 9.59 Å².